The molecule has 3 aliphatic rings. The summed E-state index contributed by atoms with van der Waals surface area (Å²) in [6.07, 6.45) is 5.68. The minimum atomic E-state index is 0.313. The number of ether oxygens (including phenoxy) is 2. The number of benzene rings is 1. The lowest BCUT2D eigenvalue weighted by atomic mass is 9.84. The molecule has 4 nitrogen and oxygen atoms in total. The van der Waals surface area contributed by atoms with Crippen LogP contribution < -0.4 is 20.1 Å². The molecule has 124 valence electrons. The van der Waals surface area contributed by atoms with Crippen LogP contribution in [-0.2, 0) is 6.54 Å². The van der Waals surface area contributed by atoms with Crippen LogP contribution in [-0.4, -0.2) is 17.9 Å². The molecule has 1 heterocycles. The SMILES string of the molecule is C[C@@H](NC(=S)NCc1ccc2c(c1)OCO2)[C@@H]1C[C@H]2CC[C@H]1C2. The largest absolute Gasteiger partial charge is 0.454 e. The van der Waals surface area contributed by atoms with E-state index in [-0.39, 0.29) is 0 Å². The number of fused-ring (bicyclic) bond motifs is 3. The maximum absolute atomic E-state index is 5.47. The van der Waals surface area contributed by atoms with Crippen molar-refractivity contribution in [1.29, 1.82) is 0 Å². The Morgan fingerprint density at radius 1 is 1.26 bits per heavy atom. The molecule has 0 radical (unpaired) electrons. The van der Waals surface area contributed by atoms with Gasteiger partial charge in [0.2, 0.25) is 6.79 Å². The second-order valence-electron chi connectivity index (χ2n) is 7.14. The fourth-order valence-corrected chi connectivity index (χ4v) is 4.76. The van der Waals surface area contributed by atoms with Gasteiger partial charge in [-0.1, -0.05) is 12.5 Å². The molecule has 0 spiro atoms. The van der Waals surface area contributed by atoms with E-state index in [1.807, 2.05) is 18.2 Å². The fourth-order valence-electron chi connectivity index (χ4n) is 4.50. The number of rotatable bonds is 4. The Bertz CT molecular complexity index is 607. The average Bonchev–Trinajstić information content (AvgIpc) is 3.28. The van der Waals surface area contributed by atoms with Gasteiger partial charge in [0.15, 0.2) is 16.6 Å². The summed E-state index contributed by atoms with van der Waals surface area (Å²) in [5, 5.41) is 7.55. The molecule has 23 heavy (non-hydrogen) atoms. The number of hydrogen-bond acceptors (Lipinski definition) is 3. The molecule has 2 aliphatic carbocycles. The Kier molecular flexibility index (Phi) is 4.05. The van der Waals surface area contributed by atoms with E-state index < -0.39 is 0 Å². The van der Waals surface area contributed by atoms with Crippen LogP contribution in [0.3, 0.4) is 0 Å². The standard InChI is InChI=1S/C18H24N2O2S/c1-11(15-7-12-2-4-14(15)6-12)20-18(23)19-9-13-3-5-16-17(8-13)22-10-21-16/h3,5,8,11-12,14-15H,2,4,6-7,9-10H2,1H3,(H2,19,20,23)/t11-,12+,14+,15+/m1/s1. The summed E-state index contributed by atoms with van der Waals surface area (Å²) in [5.41, 5.74) is 1.14. The molecular weight excluding hydrogens is 308 g/mol. The van der Waals surface area contributed by atoms with Crippen molar-refractivity contribution < 1.29 is 9.47 Å². The summed E-state index contributed by atoms with van der Waals surface area (Å²) in [7, 11) is 0. The highest BCUT2D eigenvalue weighted by Crippen LogP contribution is 2.49. The molecule has 4 rings (SSSR count). The zero-order valence-corrected chi connectivity index (χ0v) is 14.3. The van der Waals surface area contributed by atoms with E-state index in [1.54, 1.807) is 0 Å². The first-order valence-electron chi connectivity index (χ1n) is 8.62. The second-order valence-corrected chi connectivity index (χ2v) is 7.55. The van der Waals surface area contributed by atoms with Gasteiger partial charge in [0.05, 0.1) is 0 Å². The molecular formula is C18H24N2O2S. The molecule has 4 atom stereocenters. The van der Waals surface area contributed by atoms with E-state index in [4.69, 9.17) is 21.7 Å². The third-order valence-electron chi connectivity index (χ3n) is 5.68. The van der Waals surface area contributed by atoms with E-state index in [1.165, 1.54) is 25.7 Å². The highest BCUT2D eigenvalue weighted by Gasteiger charge is 2.41. The number of thiocarbonyl (C=S) groups is 1. The van der Waals surface area contributed by atoms with Gasteiger partial charge in [-0.25, -0.2) is 0 Å². The monoisotopic (exact) mass is 332 g/mol. The lowest BCUT2D eigenvalue weighted by Crippen LogP contribution is -2.44. The zero-order valence-electron chi connectivity index (χ0n) is 13.5. The van der Waals surface area contributed by atoms with Gasteiger partial charge in [-0.15, -0.1) is 0 Å². The van der Waals surface area contributed by atoms with Crippen LogP contribution in [0.1, 0.15) is 38.2 Å². The van der Waals surface area contributed by atoms with Crippen LogP contribution >= 0.6 is 12.2 Å². The first kappa shape index (κ1) is 15.1. The van der Waals surface area contributed by atoms with Gasteiger partial charge in [0.25, 0.3) is 0 Å². The molecule has 5 heteroatoms. The van der Waals surface area contributed by atoms with Gasteiger partial charge < -0.3 is 20.1 Å². The van der Waals surface area contributed by atoms with Crippen LogP contribution in [0, 0.1) is 17.8 Å². The van der Waals surface area contributed by atoms with Crippen molar-refractivity contribution in [3.05, 3.63) is 23.8 Å². The van der Waals surface area contributed by atoms with Crippen LogP contribution in [0.25, 0.3) is 0 Å². The second kappa shape index (κ2) is 6.19. The predicted octanol–water partition coefficient (Wildman–Crippen LogP) is 3.20. The first-order chi connectivity index (χ1) is 11.2. The van der Waals surface area contributed by atoms with Crippen molar-refractivity contribution in [3.8, 4) is 11.5 Å². The summed E-state index contributed by atoms with van der Waals surface area (Å²) < 4.78 is 10.7. The summed E-state index contributed by atoms with van der Waals surface area (Å²) in [6.45, 7) is 3.29. The van der Waals surface area contributed by atoms with E-state index in [0.717, 1.165) is 39.9 Å². The Balaban J connectivity index is 1.27. The molecule has 0 saturated heterocycles. The quantitative estimate of drug-likeness (QED) is 0.829. The van der Waals surface area contributed by atoms with Crippen molar-refractivity contribution in [1.82, 2.24) is 10.6 Å². The molecule has 0 amide bonds. The predicted molar refractivity (Wildman–Crippen MR) is 93.5 cm³/mol. The first-order valence-corrected chi connectivity index (χ1v) is 9.03. The summed E-state index contributed by atoms with van der Waals surface area (Å²) in [6, 6.07) is 6.47. The molecule has 1 aliphatic heterocycles. The Labute approximate surface area is 142 Å². The molecule has 0 unspecified atom stereocenters. The Morgan fingerprint density at radius 2 is 2.13 bits per heavy atom. The number of hydrogen-bond donors (Lipinski definition) is 2. The van der Waals surface area contributed by atoms with Crippen molar-refractivity contribution >= 4 is 17.3 Å². The van der Waals surface area contributed by atoms with Crippen LogP contribution in [0.4, 0.5) is 0 Å². The minimum Gasteiger partial charge on any atom is -0.454 e. The van der Waals surface area contributed by atoms with Gasteiger partial charge in [-0.05, 0) is 73.9 Å². The third kappa shape index (κ3) is 3.11. The normalized spacial score (nSPS) is 28.7. The van der Waals surface area contributed by atoms with Crippen molar-refractivity contribution in [2.75, 3.05) is 6.79 Å². The summed E-state index contributed by atoms with van der Waals surface area (Å²) >= 11 is 5.47. The third-order valence-corrected chi connectivity index (χ3v) is 5.95. The highest BCUT2D eigenvalue weighted by atomic mass is 32.1. The molecule has 1 aromatic carbocycles. The maximum atomic E-state index is 5.47. The molecule has 1 aromatic rings. The Hall–Kier alpha value is -1.49. The fraction of sp³-hybridized carbons (Fsp3) is 0.611. The van der Waals surface area contributed by atoms with Gasteiger partial charge in [-0.2, -0.15) is 0 Å². The van der Waals surface area contributed by atoms with Gasteiger partial charge in [-0.3, -0.25) is 0 Å². The molecule has 2 N–H and O–H groups in total. The van der Waals surface area contributed by atoms with Crippen LogP contribution in [0.2, 0.25) is 0 Å². The van der Waals surface area contributed by atoms with Crippen molar-refractivity contribution in [2.24, 2.45) is 17.8 Å². The van der Waals surface area contributed by atoms with E-state index >= 15 is 0 Å². The van der Waals surface area contributed by atoms with Crippen LogP contribution in [0.15, 0.2) is 18.2 Å². The minimum absolute atomic E-state index is 0.313. The smallest absolute Gasteiger partial charge is 0.231 e. The highest BCUT2D eigenvalue weighted by molar-refractivity contribution is 7.80. The molecule has 2 bridgehead atoms. The van der Waals surface area contributed by atoms with Gasteiger partial charge >= 0.3 is 0 Å². The van der Waals surface area contributed by atoms with E-state index in [0.29, 0.717) is 19.4 Å². The molecule has 2 saturated carbocycles. The van der Waals surface area contributed by atoms with Crippen LogP contribution in [0.5, 0.6) is 11.5 Å². The van der Waals surface area contributed by atoms with E-state index in [9.17, 15) is 0 Å². The molecule has 0 aromatic heterocycles. The maximum Gasteiger partial charge on any atom is 0.231 e. The van der Waals surface area contributed by atoms with E-state index in [2.05, 4.69) is 17.6 Å². The van der Waals surface area contributed by atoms with Crippen molar-refractivity contribution in [2.45, 2.75) is 45.2 Å². The van der Waals surface area contributed by atoms with Gasteiger partial charge in [0.1, 0.15) is 0 Å². The summed E-state index contributed by atoms with van der Waals surface area (Å²) in [4.78, 5) is 0. The number of nitrogens with one attached hydrogen (secondary N) is 2. The average molecular weight is 332 g/mol. The molecule has 2 fully saturated rings. The topological polar surface area (TPSA) is 42.5 Å². The lowest BCUT2D eigenvalue weighted by molar-refractivity contribution is 0.174. The van der Waals surface area contributed by atoms with Crippen molar-refractivity contribution in [3.63, 3.8) is 0 Å². The Morgan fingerprint density at radius 3 is 2.91 bits per heavy atom. The lowest BCUT2D eigenvalue weighted by Gasteiger charge is -2.29. The zero-order chi connectivity index (χ0) is 15.8. The van der Waals surface area contributed by atoms with Gasteiger partial charge in [0, 0.05) is 12.6 Å². The summed E-state index contributed by atoms with van der Waals surface area (Å²) in [5.74, 6) is 4.32.